The number of nitrogens with zero attached hydrogens (tertiary/aromatic N) is 1. The number of carbonyl (C=O) groups excluding carboxylic acids is 7. The summed E-state index contributed by atoms with van der Waals surface area (Å²) in [7, 11) is 8.09. The molecule has 10 N–H and O–H groups in total. The van der Waals surface area contributed by atoms with E-state index in [1.54, 1.807) is 24.4 Å². The summed E-state index contributed by atoms with van der Waals surface area (Å²) in [5, 5.41) is 56.7. The summed E-state index contributed by atoms with van der Waals surface area (Å²) in [5.74, 6) is -11.1. The van der Waals surface area contributed by atoms with Crippen molar-refractivity contribution < 1.29 is 99.4 Å². The van der Waals surface area contributed by atoms with E-state index >= 15 is 19.2 Å². The Morgan fingerprint density at radius 2 is 1.45 bits per heavy atom. The Morgan fingerprint density at radius 1 is 0.737 bits per heavy atom. The Kier molecular flexibility index (Phi) is 23.0. The molecule has 0 saturated heterocycles. The van der Waals surface area contributed by atoms with Crippen molar-refractivity contribution in [2.45, 2.75) is 106 Å². The number of nitro benzene ring substituents is 1. The highest BCUT2D eigenvalue weighted by Crippen LogP contribution is 2.45. The van der Waals surface area contributed by atoms with E-state index in [4.69, 9.17) is 44.8 Å². The van der Waals surface area contributed by atoms with Crippen LogP contribution in [0.2, 0.25) is 5.02 Å². The minimum Gasteiger partial charge on any atom is -0.504 e. The highest BCUT2D eigenvalue weighted by Gasteiger charge is 2.43. The number of carbonyl (C=O) groups is 7. The summed E-state index contributed by atoms with van der Waals surface area (Å²) in [6, 6.07) is 7.99. The number of phenolic OH excluding ortho intramolecular Hbond substituents is 1. The molecular formula is C67H70ClF4N9O18. The number of benzene rings is 6. The second-order valence-corrected chi connectivity index (χ2v) is 23.8. The van der Waals surface area contributed by atoms with Gasteiger partial charge >= 0.3 is 17.8 Å². The second kappa shape index (κ2) is 31.4. The lowest BCUT2D eigenvalue weighted by atomic mass is 9.90. The molecule has 4 heterocycles. The number of nitro groups is 1. The topological polar surface area (TPSA) is 364 Å². The van der Waals surface area contributed by atoms with Gasteiger partial charge in [-0.2, -0.15) is 17.6 Å². The van der Waals surface area contributed by atoms with E-state index in [2.05, 4.69) is 37.2 Å². The molecular weight excluding hydrogens is 1330 g/mol. The average molecular weight is 1400 g/mol. The van der Waals surface area contributed by atoms with Crippen LogP contribution in [-0.2, 0) is 51.1 Å². The fraction of sp³-hybridized carbons (Fsp3) is 0.358. The van der Waals surface area contributed by atoms with Crippen molar-refractivity contribution in [2.75, 3.05) is 49.1 Å². The molecule has 32 heteroatoms. The first kappa shape index (κ1) is 72.8. The van der Waals surface area contributed by atoms with Crippen molar-refractivity contribution in [1.82, 2.24) is 42.5 Å². The number of phenols is 1. The maximum absolute atomic E-state index is 15.8. The Morgan fingerprint density at radius 3 is 2.13 bits per heavy atom. The third-order valence-electron chi connectivity index (χ3n) is 16.8. The first-order valence-corrected chi connectivity index (χ1v) is 31.1. The summed E-state index contributed by atoms with van der Waals surface area (Å²) < 4.78 is 98.2. The minimum atomic E-state index is -5.52. The van der Waals surface area contributed by atoms with Crippen molar-refractivity contribution in [1.29, 1.82) is 0 Å². The van der Waals surface area contributed by atoms with E-state index in [-0.39, 0.29) is 98.8 Å². The fourth-order valence-electron chi connectivity index (χ4n) is 11.9. The highest BCUT2D eigenvalue weighted by atomic mass is 35.5. The number of aliphatic hydroxyl groups excluding tert-OH is 1. The molecule has 0 saturated carbocycles. The summed E-state index contributed by atoms with van der Waals surface area (Å²) in [4.78, 5) is 114. The van der Waals surface area contributed by atoms with Gasteiger partial charge in [-0.3, -0.25) is 43.7 Å². The maximum Gasteiger partial charge on any atom is 0.471 e. The molecule has 0 aliphatic carbocycles. The lowest BCUT2D eigenvalue weighted by molar-refractivity contribution is -0.387. The number of halogens is 5. The van der Waals surface area contributed by atoms with Crippen LogP contribution in [0, 0.1) is 22.9 Å². The Labute approximate surface area is 568 Å². The van der Waals surface area contributed by atoms with Gasteiger partial charge in [0.05, 0.1) is 57.0 Å². The normalized spacial score (nSPS) is 21.4. The molecule has 1 unspecified atom stereocenters. The predicted molar refractivity (Wildman–Crippen MR) is 344 cm³/mol. The van der Waals surface area contributed by atoms with Crippen LogP contribution in [0.15, 0.2) is 97.1 Å². The van der Waals surface area contributed by atoms with Crippen LogP contribution in [0.3, 0.4) is 0 Å². The van der Waals surface area contributed by atoms with Crippen LogP contribution in [0.25, 0.3) is 0 Å². The van der Waals surface area contributed by atoms with Gasteiger partial charge in [0.15, 0.2) is 23.0 Å². The molecule has 6 aromatic carbocycles. The van der Waals surface area contributed by atoms with Gasteiger partial charge < -0.3 is 85.9 Å². The molecule has 6 aromatic rings. The molecule has 4 aliphatic rings. The first-order valence-electron chi connectivity index (χ1n) is 30.7. The summed E-state index contributed by atoms with van der Waals surface area (Å²) in [5.41, 5.74) is -0.167. The predicted octanol–water partition coefficient (Wildman–Crippen LogP) is 6.72. The zero-order valence-electron chi connectivity index (χ0n) is 54.1. The molecule has 0 spiro atoms. The molecule has 10 bridgehead atoms. The van der Waals surface area contributed by atoms with Crippen molar-refractivity contribution in [3.05, 3.63) is 163 Å². The monoisotopic (exact) mass is 1400 g/mol. The number of rotatable bonds is 13. The quantitative estimate of drug-likeness (QED) is 0.0326. The van der Waals surface area contributed by atoms with Gasteiger partial charge in [0.25, 0.3) is 0 Å². The maximum atomic E-state index is 15.8. The molecule has 9 atom stereocenters. The standard InChI is InChI=1S/C67H70ClF4N9O18/c1-31-17-35-21-40(18-31)98-52-24-33(12-16-50(52)95-5)56(80-66(90)67(70,71)72)63(87)75-37(19-32-11-14-44(69)47(20-32)81(91)92)30-74-55(35)62(86)78-57-36-23-48(82)60(97-7)53(25-36)99-49-15-13-34(22-43(49)68)59(84)58-65(89)77-46(29-54(83)73-2)41-27-39(94-4)28-51(96-6)42(41)26-38(93-3)9-8-10-45(61(85)79-58)76-64(57)88/h11-18,20-25,27-28,37-38,45-46,55-59,74,82,84H,8-10,19,26,29-30H2,1-7H3,(H,73,83)(H,75,87)(H,76,88)(H,77,89)(H,78,86)(H,79,85)(H,80,90)/t37-,38?,45-,46+,55+,56-,57-,58+,59-/m1/s1. The molecule has 0 fully saturated rings. The van der Waals surface area contributed by atoms with Crippen LogP contribution in [0.4, 0.5) is 23.2 Å². The number of amides is 7. The summed E-state index contributed by atoms with van der Waals surface area (Å²) >= 11 is 6.90. The number of hydrogen-bond donors (Lipinski definition) is 10. The zero-order chi connectivity index (χ0) is 71.7. The van der Waals surface area contributed by atoms with Crippen molar-refractivity contribution >= 4 is 58.6 Å². The van der Waals surface area contributed by atoms with Gasteiger partial charge in [-0.15, -0.1) is 0 Å². The van der Waals surface area contributed by atoms with Gasteiger partial charge in [0.2, 0.25) is 47.0 Å². The van der Waals surface area contributed by atoms with E-state index in [0.717, 1.165) is 30.3 Å². The van der Waals surface area contributed by atoms with Crippen LogP contribution in [0.1, 0.15) is 100 Å². The molecule has 526 valence electrons. The second-order valence-electron chi connectivity index (χ2n) is 23.4. The Balaban J connectivity index is 1.18. The number of fused-ring (bicyclic) bond motifs is 9. The third-order valence-corrected chi connectivity index (χ3v) is 17.1. The molecule has 10 rings (SSSR count). The number of aliphatic hydroxyl groups is 1. The molecule has 0 radical (unpaired) electrons. The Bertz CT molecular complexity index is 4110. The summed E-state index contributed by atoms with van der Waals surface area (Å²) in [6.45, 7) is 1.02. The smallest absolute Gasteiger partial charge is 0.471 e. The molecule has 27 nitrogen and oxygen atoms in total. The highest BCUT2D eigenvalue weighted by molar-refractivity contribution is 6.32. The SMILES string of the molecule is CNC(=O)C[C@@H]1NC(=O)[C@H]2NC(=O)[C@@H](CCCC(OC)Cc3c(OC)cc(OC)cc31)NC(=O)[C@H](NC(=O)[C@H]1NC[C@@H](Cc3ccc(F)c([N+](=O)[O-])c3)NC(=O)[C@H](NC(=O)C(F)(F)F)c3ccc(OC)c(c3)Oc3cc(C)cc1c3)c1cc(O)c(OC)c(c1)Oc1ccc(cc1Cl)[C@H]2O. The third kappa shape index (κ3) is 17.1. The number of methoxy groups -OCH3 is 5. The number of hydrogen-bond acceptors (Lipinski definition) is 19. The largest absolute Gasteiger partial charge is 0.504 e. The van der Waals surface area contributed by atoms with E-state index in [0.29, 0.717) is 22.4 Å². The lowest BCUT2D eigenvalue weighted by Crippen LogP contribution is -2.57. The van der Waals surface area contributed by atoms with E-state index in [9.17, 15) is 52.3 Å². The van der Waals surface area contributed by atoms with Crippen LogP contribution >= 0.6 is 11.6 Å². The number of nitrogens with one attached hydrogen (secondary N) is 8. The Hall–Kier alpha value is -10.5. The van der Waals surface area contributed by atoms with Crippen molar-refractivity contribution in [3.8, 4) is 51.7 Å². The number of alkyl halides is 3. The number of ether oxygens (including phenoxy) is 7. The van der Waals surface area contributed by atoms with Crippen LogP contribution < -0.4 is 71.0 Å². The van der Waals surface area contributed by atoms with Gasteiger partial charge in [-0.05, 0) is 132 Å². The molecule has 7 amide bonds. The van der Waals surface area contributed by atoms with Crippen LogP contribution in [-0.4, -0.2) is 136 Å². The first-order chi connectivity index (χ1) is 47.1. The molecule has 0 aromatic heterocycles. The van der Waals surface area contributed by atoms with Crippen molar-refractivity contribution in [2.24, 2.45) is 0 Å². The number of aromatic hydroxyl groups is 1. The zero-order valence-corrected chi connectivity index (χ0v) is 54.9. The number of aryl methyl sites for hydroxylation is 1. The van der Waals surface area contributed by atoms with Gasteiger partial charge in [0.1, 0.15) is 59.3 Å². The van der Waals surface area contributed by atoms with E-state index < -0.39 is 144 Å². The van der Waals surface area contributed by atoms with Crippen molar-refractivity contribution in [3.63, 3.8) is 0 Å². The van der Waals surface area contributed by atoms with E-state index in [1.165, 1.54) is 97.2 Å². The fourth-order valence-corrected chi connectivity index (χ4v) is 12.1. The molecule has 4 aliphatic heterocycles. The molecule has 99 heavy (non-hydrogen) atoms. The van der Waals surface area contributed by atoms with Crippen LogP contribution in [0.5, 0.6) is 51.7 Å². The van der Waals surface area contributed by atoms with Gasteiger partial charge in [-0.1, -0.05) is 35.9 Å². The van der Waals surface area contributed by atoms with Gasteiger partial charge in [0, 0.05) is 50.9 Å². The van der Waals surface area contributed by atoms with E-state index in [1.807, 2.05) is 0 Å². The van der Waals surface area contributed by atoms with Gasteiger partial charge in [-0.25, -0.2) is 0 Å². The lowest BCUT2D eigenvalue weighted by Gasteiger charge is -2.32. The summed E-state index contributed by atoms with van der Waals surface area (Å²) in [6.07, 6.45) is -8.87. The average Bonchev–Trinajstić information content (AvgIpc) is 0.818. The minimum absolute atomic E-state index is 0.00119.